The lowest BCUT2D eigenvalue weighted by molar-refractivity contribution is -0.160. The number of pyridine rings is 1. The van der Waals surface area contributed by atoms with Crippen LogP contribution in [0.3, 0.4) is 0 Å². The lowest BCUT2D eigenvalue weighted by atomic mass is 9.85. The first kappa shape index (κ1) is 23.6. The third-order valence-corrected chi connectivity index (χ3v) is 7.00. The third kappa shape index (κ3) is 4.03. The summed E-state index contributed by atoms with van der Waals surface area (Å²) in [5.74, 6) is -0.243. The summed E-state index contributed by atoms with van der Waals surface area (Å²) in [4.78, 5) is 17.4. The number of aliphatic carboxylic acids is 1. The van der Waals surface area contributed by atoms with Gasteiger partial charge in [0, 0.05) is 34.5 Å². The molecule has 0 spiro atoms. The van der Waals surface area contributed by atoms with Gasteiger partial charge in [-0.2, -0.15) is 0 Å². The molecule has 1 N–H and O–H groups in total. The molecule has 0 saturated carbocycles. The molecule has 3 aromatic carbocycles. The van der Waals surface area contributed by atoms with Crippen molar-refractivity contribution in [2.45, 2.75) is 52.7 Å². The van der Waals surface area contributed by atoms with Crippen molar-refractivity contribution < 1.29 is 19.4 Å². The van der Waals surface area contributed by atoms with Crippen LogP contribution < -0.4 is 4.74 Å². The van der Waals surface area contributed by atoms with Gasteiger partial charge in [0.2, 0.25) is 0 Å². The Morgan fingerprint density at radius 1 is 1.11 bits per heavy atom. The number of ether oxygens (including phenoxy) is 2. The molecule has 35 heavy (non-hydrogen) atoms. The molecule has 5 nitrogen and oxygen atoms in total. The predicted octanol–water partition coefficient (Wildman–Crippen LogP) is 7.20. The highest BCUT2D eigenvalue weighted by Gasteiger charge is 2.33. The summed E-state index contributed by atoms with van der Waals surface area (Å²) in [6.45, 7) is 10.1. The summed E-state index contributed by atoms with van der Waals surface area (Å²) in [7, 11) is 0. The number of carboxylic acid groups (broad SMARTS) is 1. The summed E-state index contributed by atoms with van der Waals surface area (Å²) in [6, 6.07) is 11.9. The van der Waals surface area contributed by atoms with Crippen LogP contribution >= 0.6 is 11.6 Å². The van der Waals surface area contributed by atoms with Crippen LogP contribution in [0.1, 0.15) is 49.1 Å². The zero-order valence-electron chi connectivity index (χ0n) is 20.5. The number of aromatic nitrogens is 1. The van der Waals surface area contributed by atoms with Crippen molar-refractivity contribution in [3.05, 3.63) is 69.9 Å². The quantitative estimate of drug-likeness (QED) is 0.328. The fourth-order valence-electron chi connectivity index (χ4n) is 5.02. The Balaban J connectivity index is 1.94. The second-order valence-electron chi connectivity index (χ2n) is 10.1. The SMILES string of the molecule is Cc1cc2c(Cl)c(C)ccc2c(-c2ccc3c4c(ccnc24)CCO3)c1[C@H](OC(C)(C)C)C(=O)O. The minimum absolute atomic E-state index is 0.610. The highest BCUT2D eigenvalue weighted by molar-refractivity contribution is 6.37. The molecule has 5 rings (SSSR count). The van der Waals surface area contributed by atoms with Crippen molar-refractivity contribution in [1.82, 2.24) is 4.98 Å². The van der Waals surface area contributed by atoms with E-state index in [1.54, 1.807) is 0 Å². The molecule has 1 aromatic heterocycles. The minimum atomic E-state index is -1.17. The molecule has 0 unspecified atom stereocenters. The molecule has 0 radical (unpaired) electrons. The monoisotopic (exact) mass is 489 g/mol. The topological polar surface area (TPSA) is 68.7 Å². The van der Waals surface area contributed by atoms with E-state index in [0.29, 0.717) is 17.2 Å². The second kappa shape index (κ2) is 8.51. The first-order chi connectivity index (χ1) is 16.6. The second-order valence-corrected chi connectivity index (χ2v) is 10.5. The van der Waals surface area contributed by atoms with E-state index in [2.05, 4.69) is 0 Å². The van der Waals surface area contributed by atoms with Gasteiger partial charge >= 0.3 is 5.97 Å². The highest BCUT2D eigenvalue weighted by atomic mass is 35.5. The molecule has 0 fully saturated rings. The first-order valence-corrected chi connectivity index (χ1v) is 12.1. The Morgan fingerprint density at radius 3 is 2.60 bits per heavy atom. The Hall–Kier alpha value is -3.15. The van der Waals surface area contributed by atoms with Crippen LogP contribution in [0.25, 0.3) is 32.8 Å². The molecule has 4 aromatic rings. The standard InChI is InChI=1S/C29H28ClNO4/c1-15-6-7-18-20(25(15)30)14-16(2)22(27(28(32)33)35-29(3,4)5)24(18)19-8-9-21-23-17(11-13-34-21)10-12-31-26(19)23/h6-10,12,14,27H,11,13H2,1-5H3,(H,32,33)/t27-/m0/s1. The highest BCUT2D eigenvalue weighted by Crippen LogP contribution is 2.46. The molecule has 1 atom stereocenters. The van der Waals surface area contributed by atoms with Gasteiger partial charge in [0.25, 0.3) is 0 Å². The number of nitrogens with zero attached hydrogens (tertiary/aromatic N) is 1. The molecular weight excluding hydrogens is 462 g/mol. The van der Waals surface area contributed by atoms with Gasteiger partial charge in [-0.15, -0.1) is 0 Å². The zero-order valence-corrected chi connectivity index (χ0v) is 21.3. The van der Waals surface area contributed by atoms with Crippen LogP contribution in [-0.2, 0) is 16.0 Å². The van der Waals surface area contributed by atoms with Gasteiger partial charge in [-0.05, 0) is 86.5 Å². The van der Waals surface area contributed by atoms with Gasteiger partial charge in [-0.25, -0.2) is 4.79 Å². The van der Waals surface area contributed by atoms with E-state index in [1.165, 1.54) is 5.56 Å². The van der Waals surface area contributed by atoms with Crippen LogP contribution in [0.4, 0.5) is 0 Å². The van der Waals surface area contributed by atoms with Gasteiger partial charge in [0.1, 0.15) is 5.75 Å². The van der Waals surface area contributed by atoms with Crippen LogP contribution in [-0.4, -0.2) is 28.3 Å². The van der Waals surface area contributed by atoms with Gasteiger partial charge in [-0.1, -0.05) is 23.7 Å². The summed E-state index contributed by atoms with van der Waals surface area (Å²) in [5, 5.41) is 13.7. The number of aryl methyl sites for hydroxylation is 2. The van der Waals surface area contributed by atoms with E-state index in [1.807, 2.05) is 77.2 Å². The summed E-state index contributed by atoms with van der Waals surface area (Å²) < 4.78 is 12.1. The van der Waals surface area contributed by atoms with Crippen molar-refractivity contribution in [3.63, 3.8) is 0 Å². The Labute approximate surface area is 209 Å². The van der Waals surface area contributed by atoms with E-state index in [9.17, 15) is 9.90 Å². The average molecular weight is 490 g/mol. The van der Waals surface area contributed by atoms with Crippen LogP contribution in [0.15, 0.2) is 42.6 Å². The van der Waals surface area contributed by atoms with Crippen molar-refractivity contribution in [1.29, 1.82) is 0 Å². The normalized spacial score (nSPS) is 14.2. The Bertz CT molecular complexity index is 1490. The fourth-order valence-corrected chi connectivity index (χ4v) is 5.23. The average Bonchev–Trinajstić information content (AvgIpc) is 2.80. The number of halogens is 1. The van der Waals surface area contributed by atoms with Crippen LogP contribution in [0, 0.1) is 13.8 Å². The molecule has 1 aliphatic heterocycles. The molecule has 1 aliphatic rings. The van der Waals surface area contributed by atoms with E-state index >= 15 is 0 Å². The van der Waals surface area contributed by atoms with Gasteiger partial charge < -0.3 is 14.6 Å². The lowest BCUT2D eigenvalue weighted by Gasteiger charge is -2.29. The first-order valence-electron chi connectivity index (χ1n) is 11.7. The van der Waals surface area contributed by atoms with Gasteiger partial charge in [0.15, 0.2) is 6.10 Å². The smallest absolute Gasteiger partial charge is 0.337 e. The van der Waals surface area contributed by atoms with E-state index < -0.39 is 17.7 Å². The third-order valence-electron chi connectivity index (χ3n) is 6.49. The number of fused-ring (bicyclic) bond motifs is 1. The molecule has 6 heteroatoms. The van der Waals surface area contributed by atoms with Gasteiger partial charge in [-0.3, -0.25) is 4.98 Å². The van der Waals surface area contributed by atoms with E-state index in [0.717, 1.165) is 56.1 Å². The van der Waals surface area contributed by atoms with E-state index in [-0.39, 0.29) is 0 Å². The number of carboxylic acids is 1. The Kier molecular flexibility index (Phi) is 5.73. The summed E-state index contributed by atoms with van der Waals surface area (Å²) >= 11 is 6.78. The van der Waals surface area contributed by atoms with Gasteiger partial charge in [0.05, 0.1) is 22.7 Å². The number of hydrogen-bond donors (Lipinski definition) is 1. The number of rotatable bonds is 4. The molecule has 0 bridgehead atoms. The summed E-state index contributed by atoms with van der Waals surface area (Å²) in [6.07, 6.45) is 1.44. The van der Waals surface area contributed by atoms with Crippen LogP contribution in [0.5, 0.6) is 5.75 Å². The molecule has 0 saturated heterocycles. The maximum Gasteiger partial charge on any atom is 0.337 e. The largest absolute Gasteiger partial charge is 0.493 e. The number of benzene rings is 3. The molecule has 2 heterocycles. The summed E-state index contributed by atoms with van der Waals surface area (Å²) in [5.41, 5.74) is 5.27. The van der Waals surface area contributed by atoms with E-state index in [4.69, 9.17) is 26.1 Å². The Morgan fingerprint density at radius 2 is 1.89 bits per heavy atom. The van der Waals surface area contributed by atoms with Crippen LogP contribution in [0.2, 0.25) is 5.02 Å². The number of hydrogen-bond acceptors (Lipinski definition) is 4. The molecule has 0 aliphatic carbocycles. The lowest BCUT2D eigenvalue weighted by Crippen LogP contribution is -2.28. The predicted molar refractivity (Wildman–Crippen MR) is 140 cm³/mol. The fraction of sp³-hybridized carbons (Fsp3) is 0.310. The molecule has 0 amide bonds. The van der Waals surface area contributed by atoms with Crippen molar-refractivity contribution in [2.75, 3.05) is 6.61 Å². The molecular formula is C29H28ClNO4. The number of carbonyl (C=O) groups is 1. The zero-order chi connectivity index (χ0) is 25.1. The van der Waals surface area contributed by atoms with Crippen molar-refractivity contribution in [2.24, 2.45) is 0 Å². The minimum Gasteiger partial charge on any atom is -0.493 e. The van der Waals surface area contributed by atoms with Crippen molar-refractivity contribution in [3.8, 4) is 16.9 Å². The van der Waals surface area contributed by atoms with Crippen molar-refractivity contribution >= 4 is 39.2 Å². The maximum absolute atomic E-state index is 12.6. The maximum atomic E-state index is 12.6. The molecule has 180 valence electrons.